The second-order valence-corrected chi connectivity index (χ2v) is 9.38. The third kappa shape index (κ3) is 5.50. The van der Waals surface area contributed by atoms with Gasteiger partial charge in [-0.05, 0) is 55.2 Å². The maximum Gasteiger partial charge on any atom is 0.224 e. The van der Waals surface area contributed by atoms with Gasteiger partial charge in [-0.2, -0.15) is 0 Å². The first-order valence-electron chi connectivity index (χ1n) is 11.5. The molecule has 4 rings (SSSR count). The number of hydrogen-bond donors (Lipinski definition) is 1. The Morgan fingerprint density at radius 1 is 1.12 bits per heavy atom. The summed E-state index contributed by atoms with van der Waals surface area (Å²) in [6.07, 6.45) is 8.67. The van der Waals surface area contributed by atoms with Gasteiger partial charge in [-0.1, -0.05) is 38.5 Å². The maximum absolute atomic E-state index is 12.9. The molecule has 1 N–H and O–H groups in total. The van der Waals surface area contributed by atoms with Crippen LogP contribution in [0.2, 0.25) is 0 Å². The van der Waals surface area contributed by atoms with Crippen LogP contribution in [-0.2, 0) is 4.79 Å². The number of hydrogen-bond acceptors (Lipinski definition) is 6. The number of ketones is 1. The average molecular weight is 464 g/mol. The SMILES string of the molecule is CCC(=O)Nc1ccc(C(=O)CSc2nnc(-c3cccnc3)n2[C@@H]2CCCC[C@H]2C)cc1. The van der Waals surface area contributed by atoms with Crippen LogP contribution in [0.1, 0.15) is 62.4 Å². The van der Waals surface area contributed by atoms with Gasteiger partial charge in [0, 0.05) is 41.7 Å². The van der Waals surface area contributed by atoms with Crippen molar-refractivity contribution >= 4 is 29.1 Å². The fourth-order valence-electron chi connectivity index (χ4n) is 4.25. The smallest absolute Gasteiger partial charge is 0.224 e. The molecule has 7 nitrogen and oxygen atoms in total. The number of thioether (sulfide) groups is 1. The summed E-state index contributed by atoms with van der Waals surface area (Å²) >= 11 is 1.43. The zero-order chi connectivity index (χ0) is 23.2. The van der Waals surface area contributed by atoms with Crippen LogP contribution in [0, 0.1) is 5.92 Å². The van der Waals surface area contributed by atoms with Gasteiger partial charge in [0.05, 0.1) is 5.75 Å². The number of nitrogens with zero attached hydrogens (tertiary/aromatic N) is 4. The van der Waals surface area contributed by atoms with E-state index >= 15 is 0 Å². The summed E-state index contributed by atoms with van der Waals surface area (Å²) in [5, 5.41) is 12.5. The van der Waals surface area contributed by atoms with Gasteiger partial charge in [0.1, 0.15) is 0 Å². The summed E-state index contributed by atoms with van der Waals surface area (Å²) in [7, 11) is 0. The highest BCUT2D eigenvalue weighted by Crippen LogP contribution is 2.39. The first-order chi connectivity index (χ1) is 16.1. The van der Waals surface area contributed by atoms with Crippen LogP contribution in [0.4, 0.5) is 5.69 Å². The molecule has 33 heavy (non-hydrogen) atoms. The predicted octanol–water partition coefficient (Wildman–Crippen LogP) is 5.41. The quantitative estimate of drug-likeness (QED) is 0.355. The van der Waals surface area contributed by atoms with E-state index in [0.717, 1.165) is 23.0 Å². The van der Waals surface area contributed by atoms with Crippen molar-refractivity contribution in [3.63, 3.8) is 0 Å². The Labute approximate surface area is 198 Å². The minimum absolute atomic E-state index is 0.0162. The molecule has 8 heteroatoms. The van der Waals surface area contributed by atoms with Gasteiger partial charge in [-0.25, -0.2) is 0 Å². The number of anilines is 1. The lowest BCUT2D eigenvalue weighted by molar-refractivity contribution is -0.115. The number of aromatic nitrogens is 4. The lowest BCUT2D eigenvalue weighted by Gasteiger charge is -2.31. The molecule has 0 radical (unpaired) electrons. The maximum atomic E-state index is 12.9. The highest BCUT2D eigenvalue weighted by atomic mass is 32.2. The fraction of sp³-hybridized carbons (Fsp3) is 0.400. The Kier molecular flexibility index (Phi) is 7.54. The van der Waals surface area contributed by atoms with Crippen LogP contribution in [0.15, 0.2) is 53.9 Å². The number of carbonyl (C=O) groups excluding carboxylic acids is 2. The van der Waals surface area contributed by atoms with Gasteiger partial charge in [0.25, 0.3) is 0 Å². The van der Waals surface area contributed by atoms with Gasteiger partial charge in [0.2, 0.25) is 5.91 Å². The number of benzene rings is 1. The number of rotatable bonds is 8. The van der Waals surface area contributed by atoms with Crippen molar-refractivity contribution in [2.45, 2.75) is 57.1 Å². The third-order valence-corrected chi connectivity index (χ3v) is 7.07. The van der Waals surface area contributed by atoms with Gasteiger partial charge in [-0.3, -0.25) is 19.1 Å². The largest absolute Gasteiger partial charge is 0.326 e. The second kappa shape index (κ2) is 10.7. The van der Waals surface area contributed by atoms with E-state index in [1.54, 1.807) is 37.4 Å². The molecule has 0 saturated heterocycles. The van der Waals surface area contributed by atoms with Gasteiger partial charge in [-0.15, -0.1) is 10.2 Å². The molecule has 1 aliphatic carbocycles. The standard InChI is InChI=1S/C25H29N5O2S/c1-3-23(32)27-20-12-10-18(11-13-20)22(31)16-33-25-29-28-24(19-8-6-14-26-15-19)30(25)21-9-5-4-7-17(21)2/h6,8,10-15,17,21H,3-5,7,9,16H2,1-2H3,(H,27,32)/t17-,21-/m1/s1. The number of carbonyl (C=O) groups is 2. The predicted molar refractivity (Wildman–Crippen MR) is 130 cm³/mol. The monoisotopic (exact) mass is 463 g/mol. The molecule has 172 valence electrons. The van der Waals surface area contributed by atoms with E-state index in [4.69, 9.17) is 0 Å². The van der Waals surface area contributed by atoms with Crippen molar-refractivity contribution in [3.05, 3.63) is 54.4 Å². The molecule has 0 bridgehead atoms. The molecule has 2 heterocycles. The van der Waals surface area contributed by atoms with E-state index in [1.807, 2.05) is 18.3 Å². The molecule has 2 atom stereocenters. The summed E-state index contributed by atoms with van der Waals surface area (Å²) in [4.78, 5) is 28.7. The number of pyridine rings is 1. The van der Waals surface area contributed by atoms with Crippen molar-refractivity contribution in [1.29, 1.82) is 0 Å². The summed E-state index contributed by atoms with van der Waals surface area (Å²) in [6, 6.07) is 11.2. The Hall–Kier alpha value is -3.00. The number of Topliss-reactive ketones (excluding diaryl/α,β-unsaturated/α-hetero) is 1. The lowest BCUT2D eigenvalue weighted by atomic mass is 9.85. The average Bonchev–Trinajstić information content (AvgIpc) is 3.27. The zero-order valence-electron chi connectivity index (χ0n) is 19.0. The molecule has 1 saturated carbocycles. The van der Waals surface area contributed by atoms with Crippen molar-refractivity contribution in [2.24, 2.45) is 5.92 Å². The fourth-order valence-corrected chi connectivity index (χ4v) is 5.14. The van der Waals surface area contributed by atoms with Gasteiger partial charge in [0.15, 0.2) is 16.8 Å². The highest BCUT2D eigenvalue weighted by Gasteiger charge is 2.29. The Bertz CT molecular complexity index is 1100. The molecule has 3 aromatic rings. The molecule has 1 aliphatic rings. The first kappa shape index (κ1) is 23.2. The van der Waals surface area contributed by atoms with Crippen LogP contribution >= 0.6 is 11.8 Å². The van der Waals surface area contributed by atoms with Crippen molar-refractivity contribution in [1.82, 2.24) is 19.7 Å². The van der Waals surface area contributed by atoms with E-state index in [0.29, 0.717) is 29.6 Å². The second-order valence-electron chi connectivity index (χ2n) is 8.44. The van der Waals surface area contributed by atoms with Crippen molar-refractivity contribution < 1.29 is 9.59 Å². The minimum atomic E-state index is -0.0506. The van der Waals surface area contributed by atoms with Crippen LogP contribution in [0.25, 0.3) is 11.4 Å². The summed E-state index contributed by atoms with van der Waals surface area (Å²) < 4.78 is 2.22. The molecule has 0 unspecified atom stereocenters. The first-order valence-corrected chi connectivity index (χ1v) is 12.5. The van der Waals surface area contributed by atoms with Crippen LogP contribution in [0.5, 0.6) is 0 Å². The highest BCUT2D eigenvalue weighted by molar-refractivity contribution is 7.99. The molecular formula is C25H29N5O2S. The third-order valence-electron chi connectivity index (χ3n) is 6.13. The van der Waals surface area contributed by atoms with E-state index < -0.39 is 0 Å². The molecule has 0 aliphatic heterocycles. The van der Waals surface area contributed by atoms with E-state index in [1.165, 1.54) is 31.0 Å². The summed E-state index contributed by atoms with van der Waals surface area (Å²) in [6.45, 7) is 4.09. The van der Waals surface area contributed by atoms with E-state index in [-0.39, 0.29) is 17.4 Å². The van der Waals surface area contributed by atoms with Crippen LogP contribution in [-0.4, -0.2) is 37.2 Å². The summed E-state index contributed by atoms with van der Waals surface area (Å²) in [5.74, 6) is 1.57. The number of nitrogens with one attached hydrogen (secondary N) is 1. The van der Waals surface area contributed by atoms with Crippen molar-refractivity contribution in [3.8, 4) is 11.4 Å². The normalized spacial score (nSPS) is 18.1. The Morgan fingerprint density at radius 3 is 2.61 bits per heavy atom. The molecule has 1 amide bonds. The Morgan fingerprint density at radius 2 is 1.91 bits per heavy atom. The zero-order valence-corrected chi connectivity index (χ0v) is 19.8. The molecular weight excluding hydrogens is 434 g/mol. The molecule has 1 fully saturated rings. The molecule has 1 aromatic carbocycles. The minimum Gasteiger partial charge on any atom is -0.326 e. The van der Waals surface area contributed by atoms with E-state index in [9.17, 15) is 9.59 Å². The molecule has 2 aromatic heterocycles. The van der Waals surface area contributed by atoms with Crippen molar-refractivity contribution in [2.75, 3.05) is 11.1 Å². The lowest BCUT2D eigenvalue weighted by Crippen LogP contribution is -2.22. The van der Waals surface area contributed by atoms with Crippen LogP contribution < -0.4 is 5.32 Å². The molecule has 0 spiro atoms. The van der Waals surface area contributed by atoms with Crippen LogP contribution in [0.3, 0.4) is 0 Å². The summed E-state index contributed by atoms with van der Waals surface area (Å²) in [5.41, 5.74) is 2.24. The topological polar surface area (TPSA) is 89.8 Å². The van der Waals surface area contributed by atoms with Gasteiger partial charge >= 0.3 is 0 Å². The van der Waals surface area contributed by atoms with Gasteiger partial charge < -0.3 is 5.32 Å². The van der Waals surface area contributed by atoms with E-state index in [2.05, 4.69) is 32.0 Å². The number of amides is 1. The Balaban J connectivity index is 1.52.